The molecule has 2 aromatic carbocycles. The zero-order valence-electron chi connectivity index (χ0n) is 8.55. The van der Waals surface area contributed by atoms with Crippen molar-refractivity contribution in [1.82, 2.24) is 0 Å². The van der Waals surface area contributed by atoms with Gasteiger partial charge in [-0.1, -0.05) is 51.8 Å². The maximum Gasteiger partial charge on any atom is 0.0256 e. The van der Waals surface area contributed by atoms with Gasteiger partial charge in [0.25, 0.3) is 0 Å². The molecule has 0 bridgehead atoms. The Bertz CT molecular complexity index is 579. The molecule has 0 aliphatic heterocycles. The molecule has 0 amide bonds. The van der Waals surface area contributed by atoms with Gasteiger partial charge in [0.05, 0.1) is 0 Å². The van der Waals surface area contributed by atoms with Crippen LogP contribution in [0.2, 0.25) is 0 Å². The van der Waals surface area contributed by atoms with E-state index in [0.717, 1.165) is 6.42 Å². The van der Waals surface area contributed by atoms with E-state index in [0.29, 0.717) is 0 Å². The lowest BCUT2D eigenvalue weighted by atomic mass is 10.0. The van der Waals surface area contributed by atoms with E-state index in [1.54, 1.807) is 0 Å². The largest absolute Gasteiger partial charge is 0.0682 e. The van der Waals surface area contributed by atoms with E-state index in [1.807, 2.05) is 0 Å². The Morgan fingerprint density at radius 1 is 1.20 bits per heavy atom. The molecule has 0 atom stereocenters. The Hall–Kier alpha value is -1.08. The van der Waals surface area contributed by atoms with E-state index < -0.39 is 0 Å². The molecule has 0 heterocycles. The minimum Gasteiger partial charge on any atom is -0.0682 e. The van der Waals surface area contributed by atoms with E-state index in [-0.39, 0.29) is 0 Å². The number of hydrogen-bond donors (Lipinski definition) is 0. The van der Waals surface area contributed by atoms with Gasteiger partial charge in [-0.3, -0.25) is 0 Å². The molecular formula is C14H11Br. The van der Waals surface area contributed by atoms with E-state index in [9.17, 15) is 0 Å². The predicted molar refractivity (Wildman–Crippen MR) is 69.0 cm³/mol. The van der Waals surface area contributed by atoms with Crippen molar-refractivity contribution in [2.45, 2.75) is 13.3 Å². The normalized spacial score (nSPS) is 14.1. The van der Waals surface area contributed by atoms with Crippen molar-refractivity contribution >= 4 is 32.8 Å². The highest BCUT2D eigenvalue weighted by Gasteiger charge is 2.15. The van der Waals surface area contributed by atoms with Crippen molar-refractivity contribution in [1.29, 1.82) is 0 Å². The Labute approximate surface area is 97.7 Å². The van der Waals surface area contributed by atoms with Crippen LogP contribution in [-0.2, 0) is 6.42 Å². The second-order valence-corrected chi connectivity index (χ2v) is 4.99. The van der Waals surface area contributed by atoms with Crippen LogP contribution in [0.1, 0.15) is 18.1 Å². The first kappa shape index (κ1) is 9.17. The van der Waals surface area contributed by atoms with Crippen molar-refractivity contribution < 1.29 is 0 Å². The van der Waals surface area contributed by atoms with E-state index >= 15 is 0 Å². The molecule has 0 spiro atoms. The number of fused-ring (bicyclic) bond motifs is 3. The smallest absolute Gasteiger partial charge is 0.0256 e. The third kappa shape index (κ3) is 1.34. The zero-order valence-corrected chi connectivity index (χ0v) is 10.1. The van der Waals surface area contributed by atoms with Crippen molar-refractivity contribution in [3.8, 4) is 0 Å². The van der Waals surface area contributed by atoms with Crippen molar-refractivity contribution in [3.63, 3.8) is 0 Å². The first-order valence-electron chi connectivity index (χ1n) is 5.13. The Balaban J connectivity index is 2.43. The Morgan fingerprint density at radius 2 is 2.00 bits per heavy atom. The van der Waals surface area contributed by atoms with Gasteiger partial charge < -0.3 is 0 Å². The van der Waals surface area contributed by atoms with Gasteiger partial charge in [-0.2, -0.15) is 0 Å². The fourth-order valence-electron chi connectivity index (χ4n) is 2.32. The number of allylic oxidation sites excluding steroid dienone is 1. The SMILES string of the molecule is CC1=Cc2c(Br)cc3ccccc3c2C1. The summed E-state index contributed by atoms with van der Waals surface area (Å²) in [5, 5.41) is 2.72. The molecule has 3 rings (SSSR count). The lowest BCUT2D eigenvalue weighted by Crippen LogP contribution is -1.87. The van der Waals surface area contributed by atoms with Gasteiger partial charge in [0.1, 0.15) is 0 Å². The summed E-state index contributed by atoms with van der Waals surface area (Å²) in [7, 11) is 0. The molecule has 0 fully saturated rings. The van der Waals surface area contributed by atoms with Crippen LogP contribution in [0.4, 0.5) is 0 Å². The fourth-order valence-corrected chi connectivity index (χ4v) is 2.92. The van der Waals surface area contributed by atoms with E-state index in [1.165, 1.54) is 31.9 Å². The fraction of sp³-hybridized carbons (Fsp3) is 0.143. The zero-order chi connectivity index (χ0) is 10.4. The quantitative estimate of drug-likeness (QED) is 0.650. The maximum absolute atomic E-state index is 3.65. The number of benzene rings is 2. The van der Waals surface area contributed by atoms with Gasteiger partial charge >= 0.3 is 0 Å². The first-order valence-corrected chi connectivity index (χ1v) is 5.92. The highest BCUT2D eigenvalue weighted by Crippen LogP contribution is 2.36. The second-order valence-electron chi connectivity index (χ2n) is 4.14. The van der Waals surface area contributed by atoms with Crippen LogP contribution in [0.5, 0.6) is 0 Å². The minimum atomic E-state index is 1.09. The lowest BCUT2D eigenvalue weighted by Gasteiger charge is -2.07. The average Bonchev–Trinajstić information content (AvgIpc) is 2.61. The van der Waals surface area contributed by atoms with Crippen LogP contribution in [0, 0.1) is 0 Å². The average molecular weight is 259 g/mol. The summed E-state index contributed by atoms with van der Waals surface area (Å²) in [4.78, 5) is 0. The summed E-state index contributed by atoms with van der Waals surface area (Å²) in [6.45, 7) is 2.20. The molecule has 0 unspecified atom stereocenters. The summed E-state index contributed by atoms with van der Waals surface area (Å²) in [6.07, 6.45) is 3.38. The van der Waals surface area contributed by atoms with E-state index in [2.05, 4.69) is 59.3 Å². The third-order valence-electron chi connectivity index (χ3n) is 3.00. The number of hydrogen-bond acceptors (Lipinski definition) is 0. The van der Waals surface area contributed by atoms with Crippen molar-refractivity contribution in [2.75, 3.05) is 0 Å². The van der Waals surface area contributed by atoms with Gasteiger partial charge in [0.15, 0.2) is 0 Å². The minimum absolute atomic E-state index is 1.09. The van der Waals surface area contributed by atoms with E-state index in [4.69, 9.17) is 0 Å². The summed E-state index contributed by atoms with van der Waals surface area (Å²) in [5.41, 5.74) is 4.28. The van der Waals surface area contributed by atoms with Gasteiger partial charge in [-0.05, 0) is 41.3 Å². The van der Waals surface area contributed by atoms with Crippen molar-refractivity contribution in [3.05, 3.63) is 51.5 Å². The van der Waals surface area contributed by atoms with Gasteiger partial charge in [0, 0.05) is 4.47 Å². The maximum atomic E-state index is 3.65. The second kappa shape index (κ2) is 3.21. The number of halogens is 1. The molecule has 0 N–H and O–H groups in total. The summed E-state index contributed by atoms with van der Waals surface area (Å²) in [5.74, 6) is 0. The summed E-state index contributed by atoms with van der Waals surface area (Å²) < 4.78 is 1.22. The lowest BCUT2D eigenvalue weighted by molar-refractivity contribution is 1.21. The Morgan fingerprint density at radius 3 is 2.87 bits per heavy atom. The van der Waals surface area contributed by atoms with Crippen LogP contribution < -0.4 is 0 Å². The summed E-state index contributed by atoms with van der Waals surface area (Å²) >= 11 is 3.65. The topological polar surface area (TPSA) is 0 Å². The summed E-state index contributed by atoms with van der Waals surface area (Å²) in [6, 6.07) is 10.8. The van der Waals surface area contributed by atoms with Gasteiger partial charge in [0.2, 0.25) is 0 Å². The van der Waals surface area contributed by atoms with Crippen molar-refractivity contribution in [2.24, 2.45) is 0 Å². The van der Waals surface area contributed by atoms with Crippen LogP contribution in [0.3, 0.4) is 0 Å². The molecule has 0 radical (unpaired) electrons. The standard InChI is InChI=1S/C14H11Br/c1-9-6-12-11-5-3-2-4-10(11)8-14(15)13(12)7-9/h2-5,7-8H,6H2,1H3. The first-order chi connectivity index (χ1) is 7.25. The molecule has 0 aromatic heterocycles. The monoisotopic (exact) mass is 258 g/mol. The van der Waals surface area contributed by atoms with Gasteiger partial charge in [-0.25, -0.2) is 0 Å². The molecule has 1 aliphatic carbocycles. The van der Waals surface area contributed by atoms with Crippen LogP contribution in [-0.4, -0.2) is 0 Å². The molecule has 15 heavy (non-hydrogen) atoms. The molecular weight excluding hydrogens is 248 g/mol. The van der Waals surface area contributed by atoms with Gasteiger partial charge in [-0.15, -0.1) is 0 Å². The molecule has 1 aliphatic rings. The van der Waals surface area contributed by atoms with Crippen LogP contribution in [0.15, 0.2) is 40.4 Å². The molecule has 2 aromatic rings. The molecule has 1 heteroatoms. The van der Waals surface area contributed by atoms with Crippen LogP contribution >= 0.6 is 15.9 Å². The molecule has 0 saturated heterocycles. The van der Waals surface area contributed by atoms with Crippen LogP contribution in [0.25, 0.3) is 16.8 Å². The predicted octanol–water partition coefficient (Wildman–Crippen LogP) is 4.56. The highest BCUT2D eigenvalue weighted by molar-refractivity contribution is 9.10. The highest BCUT2D eigenvalue weighted by atomic mass is 79.9. The number of rotatable bonds is 0. The molecule has 74 valence electrons. The molecule has 0 saturated carbocycles. The Kier molecular flexibility index (Phi) is 1.96. The third-order valence-corrected chi connectivity index (χ3v) is 3.65. The molecule has 0 nitrogen and oxygen atoms in total.